The van der Waals surface area contributed by atoms with Gasteiger partial charge in [-0.25, -0.2) is 4.39 Å². The maximum atomic E-state index is 13.6. The summed E-state index contributed by atoms with van der Waals surface area (Å²) < 4.78 is 13.6. The molecule has 1 aliphatic rings. The molecule has 1 aromatic rings. The number of hydrogen-bond acceptors (Lipinski definition) is 2. The van der Waals surface area contributed by atoms with Gasteiger partial charge in [0.05, 0.1) is 0 Å². The Balaban J connectivity index is 2.00. The maximum absolute atomic E-state index is 13.6. The van der Waals surface area contributed by atoms with Gasteiger partial charge in [0.2, 0.25) is 0 Å². The van der Waals surface area contributed by atoms with Crippen LogP contribution in [0.5, 0.6) is 0 Å². The van der Waals surface area contributed by atoms with E-state index >= 15 is 0 Å². The number of nitrogens with zero attached hydrogens (tertiary/aromatic N) is 1. The molecule has 20 heavy (non-hydrogen) atoms. The first-order valence-electron chi connectivity index (χ1n) is 7.32. The van der Waals surface area contributed by atoms with Crippen molar-refractivity contribution in [1.82, 2.24) is 4.90 Å². The second-order valence-electron chi connectivity index (χ2n) is 5.44. The van der Waals surface area contributed by atoms with Gasteiger partial charge in [-0.3, -0.25) is 4.90 Å². The van der Waals surface area contributed by atoms with E-state index in [9.17, 15) is 4.39 Å². The molecule has 0 amide bonds. The quantitative estimate of drug-likeness (QED) is 0.857. The zero-order valence-electron chi connectivity index (χ0n) is 12.0. The third kappa shape index (κ3) is 4.33. The Hall–Kier alpha value is -1.37. The molecule has 0 spiro atoms. The average molecular weight is 275 g/mol. The van der Waals surface area contributed by atoms with Crippen LogP contribution in [0.1, 0.15) is 37.3 Å². The molecule has 1 saturated heterocycles. The minimum absolute atomic E-state index is 0.198. The zero-order chi connectivity index (χ0) is 14.4. The van der Waals surface area contributed by atoms with Crippen molar-refractivity contribution in [1.29, 1.82) is 0 Å². The smallest absolute Gasteiger partial charge is 0.124 e. The molecule has 1 aliphatic heterocycles. The van der Waals surface area contributed by atoms with Gasteiger partial charge in [0.15, 0.2) is 0 Å². The molecule has 1 fully saturated rings. The third-order valence-electron chi connectivity index (χ3n) is 3.96. The highest BCUT2D eigenvalue weighted by molar-refractivity contribution is 5.37. The number of benzene rings is 1. The van der Waals surface area contributed by atoms with Crippen LogP contribution in [0.25, 0.3) is 0 Å². The van der Waals surface area contributed by atoms with Crippen LogP contribution in [0.2, 0.25) is 0 Å². The predicted molar refractivity (Wildman–Crippen MR) is 78.7 cm³/mol. The second-order valence-corrected chi connectivity index (χ2v) is 5.44. The molecule has 0 radical (unpaired) electrons. The van der Waals surface area contributed by atoms with Crippen molar-refractivity contribution in [2.24, 2.45) is 5.92 Å². The predicted octanol–water partition coefficient (Wildman–Crippen LogP) is 2.79. The van der Waals surface area contributed by atoms with E-state index in [4.69, 9.17) is 5.11 Å². The third-order valence-corrected chi connectivity index (χ3v) is 3.96. The van der Waals surface area contributed by atoms with Crippen molar-refractivity contribution < 1.29 is 9.50 Å². The minimum Gasteiger partial charge on any atom is -0.384 e. The van der Waals surface area contributed by atoms with Gasteiger partial charge in [-0.15, -0.1) is 0 Å². The normalized spacial score (nSPS) is 16.8. The molecule has 3 heteroatoms. The monoisotopic (exact) mass is 275 g/mol. The molecular weight excluding hydrogens is 253 g/mol. The summed E-state index contributed by atoms with van der Waals surface area (Å²) in [4.78, 5) is 2.38. The van der Waals surface area contributed by atoms with Crippen LogP contribution in [0.3, 0.4) is 0 Å². The lowest BCUT2D eigenvalue weighted by Gasteiger charge is -2.31. The van der Waals surface area contributed by atoms with Gasteiger partial charge in [0, 0.05) is 12.1 Å². The zero-order valence-corrected chi connectivity index (χ0v) is 12.0. The van der Waals surface area contributed by atoms with Gasteiger partial charge in [-0.1, -0.05) is 25.2 Å². The number of likely N-dealkylation sites (tertiary alicyclic amines) is 1. The van der Waals surface area contributed by atoms with E-state index in [2.05, 4.69) is 23.7 Å². The van der Waals surface area contributed by atoms with Crippen molar-refractivity contribution in [3.8, 4) is 11.8 Å². The lowest BCUT2D eigenvalue weighted by atomic mass is 9.94. The van der Waals surface area contributed by atoms with Crippen molar-refractivity contribution in [3.05, 3.63) is 35.1 Å². The summed E-state index contributed by atoms with van der Waals surface area (Å²) in [5, 5.41) is 8.70. The highest BCUT2D eigenvalue weighted by atomic mass is 19.1. The largest absolute Gasteiger partial charge is 0.384 e. The molecule has 108 valence electrons. The fourth-order valence-electron chi connectivity index (χ4n) is 2.77. The fraction of sp³-hybridized carbons (Fsp3) is 0.529. The van der Waals surface area contributed by atoms with Crippen LogP contribution in [0.4, 0.5) is 4.39 Å². The first kappa shape index (κ1) is 15.0. The van der Waals surface area contributed by atoms with E-state index < -0.39 is 0 Å². The molecule has 0 aromatic heterocycles. The lowest BCUT2D eigenvalue weighted by molar-refractivity contribution is 0.175. The molecule has 0 unspecified atom stereocenters. The van der Waals surface area contributed by atoms with Crippen LogP contribution in [-0.2, 0) is 6.54 Å². The van der Waals surface area contributed by atoms with Gasteiger partial charge in [-0.2, -0.15) is 0 Å². The first-order valence-corrected chi connectivity index (χ1v) is 7.32. The van der Waals surface area contributed by atoms with E-state index in [0.29, 0.717) is 5.56 Å². The van der Waals surface area contributed by atoms with Crippen LogP contribution in [-0.4, -0.2) is 29.7 Å². The van der Waals surface area contributed by atoms with E-state index in [1.54, 1.807) is 6.07 Å². The number of hydrogen-bond donors (Lipinski definition) is 1. The molecule has 0 saturated carbocycles. The minimum atomic E-state index is -0.256. The molecule has 2 nitrogen and oxygen atoms in total. The summed E-state index contributed by atoms with van der Waals surface area (Å²) in [5.41, 5.74) is 1.60. The summed E-state index contributed by atoms with van der Waals surface area (Å²) in [6, 6.07) is 4.91. The topological polar surface area (TPSA) is 23.5 Å². The molecule has 1 heterocycles. The Bertz CT molecular complexity index is 495. The number of rotatable bonds is 3. The number of halogens is 1. The van der Waals surface area contributed by atoms with E-state index in [0.717, 1.165) is 31.1 Å². The van der Waals surface area contributed by atoms with E-state index in [-0.39, 0.29) is 12.4 Å². The van der Waals surface area contributed by atoms with Crippen molar-refractivity contribution in [3.63, 3.8) is 0 Å². The van der Waals surface area contributed by atoms with Gasteiger partial charge in [-0.05, 0) is 55.6 Å². The Morgan fingerprint density at radius 1 is 1.30 bits per heavy atom. The highest BCUT2D eigenvalue weighted by Crippen LogP contribution is 2.21. The Morgan fingerprint density at radius 2 is 2.05 bits per heavy atom. The summed E-state index contributed by atoms with van der Waals surface area (Å²) >= 11 is 0. The van der Waals surface area contributed by atoms with Gasteiger partial charge in [0.1, 0.15) is 12.4 Å². The summed E-state index contributed by atoms with van der Waals surface area (Å²) in [6.07, 6.45) is 3.74. The second kappa shape index (κ2) is 7.42. The van der Waals surface area contributed by atoms with Gasteiger partial charge in [0.25, 0.3) is 0 Å². The Labute approximate surface area is 120 Å². The van der Waals surface area contributed by atoms with Gasteiger partial charge >= 0.3 is 0 Å². The Morgan fingerprint density at radius 3 is 2.70 bits per heavy atom. The number of aliphatic hydroxyl groups excluding tert-OH is 1. The summed E-state index contributed by atoms with van der Waals surface area (Å²) in [6.45, 7) is 5.01. The van der Waals surface area contributed by atoms with Crippen LogP contribution in [0, 0.1) is 23.6 Å². The molecule has 2 rings (SSSR count). The summed E-state index contributed by atoms with van der Waals surface area (Å²) in [5.74, 6) is 5.93. The Kier molecular flexibility index (Phi) is 5.58. The van der Waals surface area contributed by atoms with E-state index in [1.807, 2.05) is 6.07 Å². The van der Waals surface area contributed by atoms with E-state index in [1.165, 1.54) is 25.3 Å². The molecule has 0 bridgehead atoms. The molecule has 0 aliphatic carbocycles. The first-order chi connectivity index (χ1) is 9.71. The average Bonchev–Trinajstić information content (AvgIpc) is 2.45. The standard InChI is InChI=1S/C17H22FNO/c1-2-14-5-7-19(8-6-14)13-16-10-15(4-3-9-20)11-17(18)12-16/h10-12,14,20H,2,5-9,13H2,1H3. The molecule has 1 aromatic carbocycles. The van der Waals surface area contributed by atoms with Crippen LogP contribution < -0.4 is 0 Å². The molecule has 1 N–H and O–H groups in total. The fourth-order valence-corrected chi connectivity index (χ4v) is 2.77. The van der Waals surface area contributed by atoms with Crippen molar-refractivity contribution >= 4 is 0 Å². The number of aliphatic hydroxyl groups is 1. The summed E-state index contributed by atoms with van der Waals surface area (Å²) in [7, 11) is 0. The highest BCUT2D eigenvalue weighted by Gasteiger charge is 2.17. The number of piperidine rings is 1. The maximum Gasteiger partial charge on any atom is 0.124 e. The van der Waals surface area contributed by atoms with Crippen molar-refractivity contribution in [2.75, 3.05) is 19.7 Å². The lowest BCUT2D eigenvalue weighted by Crippen LogP contribution is -2.33. The van der Waals surface area contributed by atoms with Crippen molar-refractivity contribution in [2.45, 2.75) is 32.7 Å². The van der Waals surface area contributed by atoms with Gasteiger partial charge < -0.3 is 5.11 Å². The molecule has 0 atom stereocenters. The SMILES string of the molecule is CCC1CCN(Cc2cc(F)cc(C#CCO)c2)CC1. The van der Waals surface area contributed by atoms with Crippen LogP contribution >= 0.6 is 0 Å². The van der Waals surface area contributed by atoms with Crippen LogP contribution in [0.15, 0.2) is 18.2 Å². The molecular formula is C17H22FNO.